The van der Waals surface area contributed by atoms with Crippen LogP contribution in [0.2, 0.25) is 0 Å². The first-order chi connectivity index (χ1) is 8.90. The second kappa shape index (κ2) is 4.81. The van der Waals surface area contributed by atoms with Gasteiger partial charge in [-0.1, -0.05) is 0 Å². The van der Waals surface area contributed by atoms with E-state index in [1.54, 1.807) is 32.1 Å². The largest absolute Gasteiger partial charge is 0.317 e. The van der Waals surface area contributed by atoms with Crippen molar-refractivity contribution >= 4 is 0 Å². The van der Waals surface area contributed by atoms with Gasteiger partial charge in [-0.2, -0.15) is 0 Å². The monoisotopic (exact) mass is 247 g/mol. The van der Waals surface area contributed by atoms with E-state index >= 15 is 0 Å². The Bertz CT molecular complexity index is 262. The molecule has 0 spiro atoms. The van der Waals surface area contributed by atoms with Gasteiger partial charge in [-0.05, 0) is 106 Å². The van der Waals surface area contributed by atoms with E-state index in [-0.39, 0.29) is 0 Å². The predicted octanol–water partition coefficient (Wildman–Crippen LogP) is 3.84. The van der Waals surface area contributed by atoms with E-state index in [0.29, 0.717) is 0 Å². The van der Waals surface area contributed by atoms with Crippen LogP contribution >= 0.6 is 0 Å². The van der Waals surface area contributed by atoms with Crippen molar-refractivity contribution in [3.8, 4) is 0 Å². The average Bonchev–Trinajstić information content (AvgIpc) is 2.29. The van der Waals surface area contributed by atoms with Gasteiger partial charge in [0.05, 0.1) is 0 Å². The van der Waals surface area contributed by atoms with Crippen molar-refractivity contribution in [3.63, 3.8) is 0 Å². The number of nitrogens with one attached hydrogen (secondary N) is 1. The van der Waals surface area contributed by atoms with Crippen molar-refractivity contribution in [2.75, 3.05) is 13.1 Å². The molecule has 4 bridgehead atoms. The van der Waals surface area contributed by atoms with Gasteiger partial charge in [0.15, 0.2) is 0 Å². The van der Waals surface area contributed by atoms with Crippen LogP contribution in [0.25, 0.3) is 0 Å². The van der Waals surface area contributed by atoms with Crippen LogP contribution in [0.1, 0.15) is 57.8 Å². The Morgan fingerprint density at radius 3 is 1.72 bits per heavy atom. The number of hydrogen-bond acceptors (Lipinski definition) is 1. The van der Waals surface area contributed by atoms with Gasteiger partial charge in [-0.15, -0.1) is 0 Å². The summed E-state index contributed by atoms with van der Waals surface area (Å²) in [6, 6.07) is 0. The lowest BCUT2D eigenvalue weighted by molar-refractivity contribution is -0.0656. The molecule has 1 nitrogen and oxygen atoms in total. The third kappa shape index (κ3) is 2.03. The molecule has 102 valence electrons. The Labute approximate surface area is 112 Å². The topological polar surface area (TPSA) is 12.0 Å². The summed E-state index contributed by atoms with van der Waals surface area (Å²) in [6.07, 6.45) is 14.0. The van der Waals surface area contributed by atoms with E-state index in [2.05, 4.69) is 5.32 Å². The molecule has 1 N–H and O–H groups in total. The Balaban J connectivity index is 1.49. The van der Waals surface area contributed by atoms with E-state index < -0.39 is 0 Å². The van der Waals surface area contributed by atoms with E-state index in [0.717, 1.165) is 35.5 Å². The van der Waals surface area contributed by atoms with Crippen molar-refractivity contribution in [2.45, 2.75) is 57.8 Å². The fourth-order valence-corrected chi connectivity index (χ4v) is 6.37. The molecule has 0 amide bonds. The summed E-state index contributed by atoms with van der Waals surface area (Å²) in [6.45, 7) is 2.56. The number of rotatable bonds is 1. The molecule has 1 aliphatic heterocycles. The number of hydrogen-bond donors (Lipinski definition) is 1. The minimum absolute atomic E-state index is 1.10. The van der Waals surface area contributed by atoms with Crippen LogP contribution in [0.4, 0.5) is 0 Å². The van der Waals surface area contributed by atoms with Crippen LogP contribution in [-0.2, 0) is 0 Å². The summed E-state index contributed by atoms with van der Waals surface area (Å²) in [4.78, 5) is 0. The van der Waals surface area contributed by atoms with Crippen LogP contribution in [0, 0.1) is 35.5 Å². The first kappa shape index (κ1) is 11.8. The van der Waals surface area contributed by atoms with Gasteiger partial charge < -0.3 is 5.32 Å². The minimum Gasteiger partial charge on any atom is -0.317 e. The first-order valence-corrected chi connectivity index (χ1v) is 8.61. The Morgan fingerprint density at radius 2 is 1.17 bits per heavy atom. The molecule has 0 aromatic rings. The van der Waals surface area contributed by atoms with Crippen LogP contribution in [0.5, 0.6) is 0 Å². The van der Waals surface area contributed by atoms with Crippen LogP contribution in [0.15, 0.2) is 0 Å². The van der Waals surface area contributed by atoms with Crippen LogP contribution < -0.4 is 5.32 Å². The first-order valence-electron chi connectivity index (χ1n) is 8.61. The lowest BCUT2D eigenvalue weighted by atomic mass is 9.49. The molecule has 4 aliphatic carbocycles. The predicted molar refractivity (Wildman–Crippen MR) is 75.4 cm³/mol. The van der Waals surface area contributed by atoms with Crippen LogP contribution in [0.3, 0.4) is 0 Å². The highest BCUT2D eigenvalue weighted by molar-refractivity contribution is 5.00. The maximum Gasteiger partial charge on any atom is -0.00488 e. The summed E-state index contributed by atoms with van der Waals surface area (Å²) in [5.41, 5.74) is 0. The van der Waals surface area contributed by atoms with E-state index in [1.165, 1.54) is 38.8 Å². The highest BCUT2D eigenvalue weighted by atomic mass is 14.8. The fourth-order valence-electron chi connectivity index (χ4n) is 6.37. The van der Waals surface area contributed by atoms with Crippen molar-refractivity contribution in [3.05, 3.63) is 0 Å². The molecule has 5 rings (SSSR count). The van der Waals surface area contributed by atoms with Gasteiger partial charge in [0.1, 0.15) is 0 Å². The second-order valence-corrected chi connectivity index (χ2v) is 7.80. The van der Waals surface area contributed by atoms with Gasteiger partial charge >= 0.3 is 0 Å². The molecular formula is C17H29N. The van der Waals surface area contributed by atoms with Gasteiger partial charge in [-0.3, -0.25) is 0 Å². The fraction of sp³-hybridized carbons (Fsp3) is 1.00. The molecular weight excluding hydrogens is 218 g/mol. The van der Waals surface area contributed by atoms with E-state index in [1.807, 2.05) is 0 Å². The van der Waals surface area contributed by atoms with Crippen molar-refractivity contribution < 1.29 is 0 Å². The maximum atomic E-state index is 3.58. The third-order valence-corrected chi connectivity index (χ3v) is 6.70. The molecule has 1 heteroatoms. The zero-order valence-corrected chi connectivity index (χ0v) is 11.7. The lowest BCUT2D eigenvalue weighted by Crippen LogP contribution is -2.48. The summed E-state index contributed by atoms with van der Waals surface area (Å²) in [5.74, 6) is 6.85. The summed E-state index contributed by atoms with van der Waals surface area (Å²) in [5, 5.41) is 3.58. The highest BCUT2D eigenvalue weighted by Gasteiger charge is 2.49. The quantitative estimate of drug-likeness (QED) is 0.742. The molecule has 0 aromatic heterocycles. The second-order valence-electron chi connectivity index (χ2n) is 7.80. The van der Waals surface area contributed by atoms with Gasteiger partial charge in [0, 0.05) is 0 Å². The van der Waals surface area contributed by atoms with E-state index in [9.17, 15) is 0 Å². The zero-order valence-electron chi connectivity index (χ0n) is 11.7. The Hall–Kier alpha value is -0.0400. The molecule has 1 saturated heterocycles. The third-order valence-electron chi connectivity index (χ3n) is 6.70. The van der Waals surface area contributed by atoms with Crippen LogP contribution in [-0.4, -0.2) is 13.1 Å². The van der Waals surface area contributed by atoms with Crippen molar-refractivity contribution in [1.29, 1.82) is 0 Å². The molecule has 5 aliphatic rings. The molecule has 4 saturated carbocycles. The van der Waals surface area contributed by atoms with Gasteiger partial charge in [0.25, 0.3) is 0 Å². The molecule has 1 heterocycles. The molecule has 0 aromatic carbocycles. The summed E-state index contributed by atoms with van der Waals surface area (Å²) >= 11 is 0. The van der Waals surface area contributed by atoms with Gasteiger partial charge in [-0.25, -0.2) is 0 Å². The molecule has 0 radical (unpaired) electrons. The Morgan fingerprint density at radius 1 is 0.611 bits per heavy atom. The zero-order chi connectivity index (χ0) is 11.9. The summed E-state index contributed by atoms with van der Waals surface area (Å²) in [7, 11) is 0. The molecule has 5 fully saturated rings. The standard InChI is InChI=1S/C17H29N/c1-3-14(4-2-6-18-5-1)17-15-8-12-7-13(10-15)11-16(17)9-12/h12-18H,1-11H2. The maximum absolute atomic E-state index is 3.58. The average molecular weight is 247 g/mol. The summed E-state index contributed by atoms with van der Waals surface area (Å²) < 4.78 is 0. The Kier molecular flexibility index (Phi) is 3.14. The molecule has 0 atom stereocenters. The SMILES string of the molecule is C1CNCCCC(C2C3CC4CC(C3)CC2C4)C1. The highest BCUT2D eigenvalue weighted by Crippen LogP contribution is 2.59. The van der Waals surface area contributed by atoms with Crippen molar-refractivity contribution in [2.24, 2.45) is 35.5 Å². The van der Waals surface area contributed by atoms with Crippen molar-refractivity contribution in [1.82, 2.24) is 5.32 Å². The minimum atomic E-state index is 1.10. The lowest BCUT2D eigenvalue weighted by Gasteiger charge is -2.57. The normalized spacial score (nSPS) is 49.0. The van der Waals surface area contributed by atoms with E-state index in [4.69, 9.17) is 0 Å². The molecule has 18 heavy (non-hydrogen) atoms. The molecule has 0 unspecified atom stereocenters. The smallest absolute Gasteiger partial charge is 0.00488 e. The van der Waals surface area contributed by atoms with Gasteiger partial charge in [0.2, 0.25) is 0 Å².